The van der Waals surface area contributed by atoms with Crippen LogP contribution in [0.15, 0.2) is 0 Å². The van der Waals surface area contributed by atoms with E-state index in [0.29, 0.717) is 0 Å². The Morgan fingerprint density at radius 1 is 0.594 bits per heavy atom. The van der Waals surface area contributed by atoms with E-state index in [-0.39, 0.29) is 0 Å². The quantitative estimate of drug-likeness (QED) is 0.206. The first kappa shape index (κ1) is 26.1. The van der Waals surface area contributed by atoms with E-state index in [2.05, 4.69) is 0 Å². The molecule has 3 aliphatic rings. The van der Waals surface area contributed by atoms with Gasteiger partial charge in [0.1, 0.15) is 36.6 Å². The van der Waals surface area contributed by atoms with Crippen LogP contribution < -0.4 is 17.2 Å². The maximum Gasteiger partial charge on any atom is 0.187 e. The normalized spacial score (nSPS) is 55.0. The van der Waals surface area contributed by atoms with E-state index in [4.69, 9.17) is 45.6 Å². The molecule has 0 aliphatic carbocycles. The second-order valence-corrected chi connectivity index (χ2v) is 8.76. The lowest BCUT2D eigenvalue weighted by molar-refractivity contribution is -0.370. The number of hydrogen-bond donors (Lipinski definition) is 7. The molecule has 0 aromatic heterocycles. The maximum atomic E-state index is 10.8. The average Bonchev–Trinajstić information content (AvgIpc) is 2.74. The molecule has 3 aliphatic heterocycles. The van der Waals surface area contributed by atoms with Crippen molar-refractivity contribution in [2.75, 3.05) is 7.11 Å². The SMILES string of the molecule is CO[C@@H]1[C@@H](O[C@@H]2[C@@H](O[C@H]3[C@@H](O)[C@H](N)[C@@H](C)O[C@@H]3O)O[C@H](C)[C@@H](N)[C@@H]2O)O[C@H](C)[C@@H](N)[C@@H]1O. The zero-order chi connectivity index (χ0) is 23.9. The van der Waals surface area contributed by atoms with Crippen molar-refractivity contribution in [3.05, 3.63) is 0 Å². The van der Waals surface area contributed by atoms with Crippen molar-refractivity contribution in [2.45, 2.75) is 113 Å². The van der Waals surface area contributed by atoms with Crippen molar-refractivity contribution in [3.8, 4) is 0 Å². The number of aliphatic hydroxyl groups is 4. The van der Waals surface area contributed by atoms with Gasteiger partial charge in [0.2, 0.25) is 0 Å². The van der Waals surface area contributed by atoms with Gasteiger partial charge in [-0.15, -0.1) is 0 Å². The van der Waals surface area contributed by atoms with Crippen molar-refractivity contribution >= 4 is 0 Å². The first-order chi connectivity index (χ1) is 15.0. The lowest BCUT2D eigenvalue weighted by Crippen LogP contribution is -2.68. The molecule has 3 rings (SSSR count). The van der Waals surface area contributed by atoms with Crippen molar-refractivity contribution in [2.24, 2.45) is 17.2 Å². The highest BCUT2D eigenvalue weighted by molar-refractivity contribution is 4.97. The largest absolute Gasteiger partial charge is 0.388 e. The van der Waals surface area contributed by atoms with Crippen LogP contribution in [0.3, 0.4) is 0 Å². The molecule has 0 unspecified atom stereocenters. The maximum absolute atomic E-state index is 10.8. The summed E-state index contributed by atoms with van der Waals surface area (Å²) in [6.45, 7) is 4.92. The first-order valence-corrected chi connectivity index (χ1v) is 10.8. The third-order valence-electron chi connectivity index (χ3n) is 6.54. The van der Waals surface area contributed by atoms with Crippen molar-refractivity contribution < 1.29 is 48.8 Å². The van der Waals surface area contributed by atoms with E-state index in [9.17, 15) is 20.4 Å². The van der Waals surface area contributed by atoms with Crippen LogP contribution in [0.4, 0.5) is 0 Å². The molecule has 0 bridgehead atoms. The second-order valence-electron chi connectivity index (χ2n) is 8.76. The van der Waals surface area contributed by atoms with Crippen LogP contribution >= 0.6 is 0 Å². The zero-order valence-electron chi connectivity index (χ0n) is 18.6. The molecule has 188 valence electrons. The third kappa shape index (κ3) is 4.95. The lowest BCUT2D eigenvalue weighted by atomic mass is 9.95. The van der Waals surface area contributed by atoms with Gasteiger partial charge < -0.3 is 66.0 Å². The van der Waals surface area contributed by atoms with E-state index in [0.717, 1.165) is 0 Å². The molecule has 15 atom stereocenters. The van der Waals surface area contributed by atoms with Crippen LogP contribution in [0.2, 0.25) is 0 Å². The zero-order valence-corrected chi connectivity index (χ0v) is 18.6. The number of aliphatic hydroxyl groups excluding tert-OH is 4. The molecule has 0 amide bonds. The molecule has 3 heterocycles. The van der Waals surface area contributed by atoms with Gasteiger partial charge in [-0.2, -0.15) is 0 Å². The van der Waals surface area contributed by atoms with Crippen molar-refractivity contribution in [1.29, 1.82) is 0 Å². The standard InChI is InChI=1S/C19H37N3O10/c1-5-8(20)11(23)14(17(26)28-5)31-19-16(13(25)10(22)7(3)30-19)32-18-15(27-4)12(24)9(21)6(2)29-18/h5-19,23-26H,20-22H2,1-4H3/t5-,6-,7-,8-,9-,10-,11+,12+,13+,14+,15+,16+,17+,18-,19-/m1/s1. The van der Waals surface area contributed by atoms with Gasteiger partial charge in [-0.05, 0) is 20.8 Å². The Labute approximate surface area is 186 Å². The fourth-order valence-corrected chi connectivity index (χ4v) is 4.20. The van der Waals surface area contributed by atoms with Gasteiger partial charge in [-0.25, -0.2) is 0 Å². The van der Waals surface area contributed by atoms with Crippen LogP contribution in [-0.4, -0.2) is 119 Å². The Morgan fingerprint density at radius 3 is 1.47 bits per heavy atom. The summed E-state index contributed by atoms with van der Waals surface area (Å²) in [6.07, 6.45) is -12.9. The predicted molar refractivity (Wildman–Crippen MR) is 108 cm³/mol. The summed E-state index contributed by atoms with van der Waals surface area (Å²) in [5.74, 6) is 0. The number of methoxy groups -OCH3 is 1. The minimum atomic E-state index is -1.50. The molecule has 3 saturated heterocycles. The lowest BCUT2D eigenvalue weighted by Gasteiger charge is -2.48. The van der Waals surface area contributed by atoms with Crippen LogP contribution in [0.25, 0.3) is 0 Å². The van der Waals surface area contributed by atoms with E-state index in [1.165, 1.54) is 7.11 Å². The Morgan fingerprint density at radius 2 is 0.969 bits per heavy atom. The molecule has 0 radical (unpaired) electrons. The summed E-state index contributed by atoms with van der Waals surface area (Å²) in [5.41, 5.74) is 17.9. The molecule has 13 heteroatoms. The molecule has 13 nitrogen and oxygen atoms in total. The number of nitrogens with two attached hydrogens (primary N) is 3. The fraction of sp³-hybridized carbons (Fsp3) is 1.00. The molecular weight excluding hydrogens is 430 g/mol. The van der Waals surface area contributed by atoms with Crippen molar-refractivity contribution in [3.63, 3.8) is 0 Å². The fourth-order valence-electron chi connectivity index (χ4n) is 4.20. The molecule has 0 aromatic carbocycles. The van der Waals surface area contributed by atoms with Gasteiger partial charge >= 0.3 is 0 Å². The van der Waals surface area contributed by atoms with Gasteiger partial charge in [0.25, 0.3) is 0 Å². The van der Waals surface area contributed by atoms with Crippen LogP contribution in [0.1, 0.15) is 20.8 Å². The highest BCUT2D eigenvalue weighted by Crippen LogP contribution is 2.32. The highest BCUT2D eigenvalue weighted by atomic mass is 16.8. The molecule has 0 spiro atoms. The Bertz CT molecular complexity index is 620. The minimum Gasteiger partial charge on any atom is -0.388 e. The molecule has 3 fully saturated rings. The van der Waals surface area contributed by atoms with Gasteiger partial charge in [0.15, 0.2) is 18.9 Å². The smallest absolute Gasteiger partial charge is 0.187 e. The summed E-state index contributed by atoms with van der Waals surface area (Å²) >= 11 is 0. The number of hydrogen-bond acceptors (Lipinski definition) is 13. The minimum absolute atomic E-state index is 0.579. The molecule has 10 N–H and O–H groups in total. The van der Waals surface area contributed by atoms with Gasteiger partial charge in [0.05, 0.1) is 36.4 Å². The summed E-state index contributed by atoms with van der Waals surface area (Å²) in [5, 5.41) is 42.1. The molecule has 0 saturated carbocycles. The summed E-state index contributed by atoms with van der Waals surface area (Å²) in [4.78, 5) is 0. The Hall–Kier alpha value is -0.520. The molecule has 32 heavy (non-hydrogen) atoms. The van der Waals surface area contributed by atoms with E-state index in [1.807, 2.05) is 0 Å². The van der Waals surface area contributed by atoms with Crippen LogP contribution in [-0.2, 0) is 28.4 Å². The van der Waals surface area contributed by atoms with Gasteiger partial charge in [-0.3, -0.25) is 0 Å². The van der Waals surface area contributed by atoms with Crippen molar-refractivity contribution in [1.82, 2.24) is 0 Å². The monoisotopic (exact) mass is 467 g/mol. The number of ether oxygens (including phenoxy) is 6. The highest BCUT2D eigenvalue weighted by Gasteiger charge is 2.52. The first-order valence-electron chi connectivity index (χ1n) is 10.8. The van der Waals surface area contributed by atoms with E-state index >= 15 is 0 Å². The average molecular weight is 468 g/mol. The van der Waals surface area contributed by atoms with Crippen LogP contribution in [0.5, 0.6) is 0 Å². The molecule has 0 aromatic rings. The third-order valence-corrected chi connectivity index (χ3v) is 6.54. The molecular formula is C19H37N3O10. The Kier molecular flexibility index (Phi) is 8.48. The topological polar surface area (TPSA) is 214 Å². The van der Waals surface area contributed by atoms with Crippen LogP contribution in [0, 0.1) is 0 Å². The van der Waals surface area contributed by atoms with Gasteiger partial charge in [-0.1, -0.05) is 0 Å². The predicted octanol–water partition coefficient (Wildman–Crippen LogP) is -3.94. The summed E-state index contributed by atoms with van der Waals surface area (Å²) in [6, 6.07) is -2.38. The van der Waals surface area contributed by atoms with Gasteiger partial charge in [0, 0.05) is 7.11 Å². The Balaban J connectivity index is 1.81. The number of rotatable bonds is 5. The summed E-state index contributed by atoms with van der Waals surface area (Å²) < 4.78 is 34.0. The second kappa shape index (κ2) is 10.4. The summed E-state index contributed by atoms with van der Waals surface area (Å²) in [7, 11) is 1.36. The van der Waals surface area contributed by atoms with E-state index < -0.39 is 91.9 Å². The van der Waals surface area contributed by atoms with E-state index in [1.54, 1.807) is 20.8 Å².